The number of nitrogens with one attached hydrogen (secondary N) is 2. The van der Waals surface area contributed by atoms with E-state index < -0.39 is 0 Å². The summed E-state index contributed by atoms with van der Waals surface area (Å²) in [6.45, 7) is 2.12. The highest BCUT2D eigenvalue weighted by molar-refractivity contribution is 5.99. The number of fused-ring (bicyclic) bond motifs is 1. The molecule has 1 aromatic carbocycles. The highest BCUT2D eigenvalue weighted by Gasteiger charge is 2.30. The van der Waals surface area contributed by atoms with E-state index in [4.69, 9.17) is 0 Å². The quantitative estimate of drug-likeness (QED) is 0.785. The van der Waals surface area contributed by atoms with E-state index >= 15 is 0 Å². The molecule has 27 heavy (non-hydrogen) atoms. The first-order chi connectivity index (χ1) is 13.0. The zero-order valence-corrected chi connectivity index (χ0v) is 15.9. The number of carbonyl (C=O) groups excluding carboxylic acids is 2. The van der Waals surface area contributed by atoms with Crippen molar-refractivity contribution in [2.75, 3.05) is 39.0 Å². The normalized spacial score (nSPS) is 16.9. The predicted octanol–water partition coefficient (Wildman–Crippen LogP) is 2.30. The van der Waals surface area contributed by atoms with E-state index in [2.05, 4.69) is 20.5 Å². The molecule has 1 aliphatic rings. The monoisotopic (exact) mass is 369 g/mol. The van der Waals surface area contributed by atoms with E-state index in [1.54, 1.807) is 6.20 Å². The molecule has 0 aliphatic carbocycles. The van der Waals surface area contributed by atoms with Crippen LogP contribution in [0.15, 0.2) is 36.5 Å². The molecule has 1 unspecified atom stereocenters. The van der Waals surface area contributed by atoms with Crippen molar-refractivity contribution in [1.29, 1.82) is 0 Å². The first-order valence-electron chi connectivity index (χ1n) is 9.37. The first kappa shape index (κ1) is 19.1. The van der Waals surface area contributed by atoms with Crippen LogP contribution in [-0.4, -0.2) is 66.5 Å². The summed E-state index contributed by atoms with van der Waals surface area (Å²) >= 11 is 0. The fourth-order valence-electron chi connectivity index (χ4n) is 3.43. The maximum atomic E-state index is 12.3. The topological polar surface area (TPSA) is 77.6 Å². The third-order valence-electron chi connectivity index (χ3n) is 4.88. The van der Waals surface area contributed by atoms with Gasteiger partial charge in [-0.05, 0) is 39.1 Å². The minimum atomic E-state index is -0.252. The van der Waals surface area contributed by atoms with Gasteiger partial charge >= 0.3 is 6.03 Å². The zero-order chi connectivity index (χ0) is 19.2. The lowest BCUT2D eigenvalue weighted by Gasteiger charge is -2.26. The number of likely N-dealkylation sites (tertiary alicyclic amines) is 1. The van der Waals surface area contributed by atoms with E-state index in [-0.39, 0.29) is 18.0 Å². The number of pyridine rings is 1. The Hall–Kier alpha value is -2.67. The van der Waals surface area contributed by atoms with E-state index in [0.717, 1.165) is 36.8 Å². The van der Waals surface area contributed by atoms with E-state index in [1.807, 2.05) is 49.3 Å². The number of hydrogen-bond donors (Lipinski definition) is 2. The summed E-state index contributed by atoms with van der Waals surface area (Å²) in [5.41, 5.74) is 1.46. The minimum absolute atomic E-state index is 0.206. The minimum Gasteiger partial charge on any atom is -0.338 e. The molecular formula is C20H27N5O2. The van der Waals surface area contributed by atoms with Gasteiger partial charge in [-0.25, -0.2) is 4.79 Å². The lowest BCUT2D eigenvalue weighted by Crippen LogP contribution is -2.40. The van der Waals surface area contributed by atoms with Crippen LogP contribution in [0.25, 0.3) is 10.9 Å². The molecular weight excluding hydrogens is 342 g/mol. The van der Waals surface area contributed by atoms with Crippen molar-refractivity contribution in [3.63, 3.8) is 0 Å². The molecule has 1 aromatic heterocycles. The molecule has 0 radical (unpaired) electrons. The van der Waals surface area contributed by atoms with Crippen LogP contribution in [0, 0.1) is 0 Å². The molecule has 0 saturated carbocycles. The summed E-state index contributed by atoms with van der Waals surface area (Å²) < 4.78 is 0. The van der Waals surface area contributed by atoms with Gasteiger partial charge in [0.1, 0.15) is 0 Å². The Bertz CT molecular complexity index is 803. The Morgan fingerprint density at radius 2 is 2.11 bits per heavy atom. The third-order valence-corrected chi connectivity index (χ3v) is 4.88. The van der Waals surface area contributed by atoms with Gasteiger partial charge in [-0.1, -0.05) is 18.2 Å². The summed E-state index contributed by atoms with van der Waals surface area (Å²) in [6, 6.07) is 9.49. The molecule has 2 heterocycles. The highest BCUT2D eigenvalue weighted by Crippen LogP contribution is 2.22. The van der Waals surface area contributed by atoms with Crippen molar-refractivity contribution in [2.24, 2.45) is 0 Å². The summed E-state index contributed by atoms with van der Waals surface area (Å²) in [7, 11) is 4.01. The van der Waals surface area contributed by atoms with Gasteiger partial charge in [-0.2, -0.15) is 0 Å². The SMILES string of the molecule is CN(C)CCN1C(=O)CCC1CCNC(=O)Nc1cccc2cccnc12. The van der Waals surface area contributed by atoms with Crippen LogP contribution >= 0.6 is 0 Å². The number of likely N-dealkylation sites (N-methyl/N-ethyl adjacent to an activating group) is 1. The number of urea groups is 1. The summed E-state index contributed by atoms with van der Waals surface area (Å²) in [6.07, 6.45) is 3.94. The second-order valence-corrected chi connectivity index (χ2v) is 7.13. The highest BCUT2D eigenvalue weighted by atomic mass is 16.2. The maximum absolute atomic E-state index is 12.3. The van der Waals surface area contributed by atoms with Crippen molar-refractivity contribution < 1.29 is 9.59 Å². The number of hydrogen-bond acceptors (Lipinski definition) is 4. The summed E-state index contributed by atoms with van der Waals surface area (Å²) in [5, 5.41) is 6.75. The second-order valence-electron chi connectivity index (χ2n) is 7.13. The molecule has 0 bridgehead atoms. The van der Waals surface area contributed by atoms with E-state index in [9.17, 15) is 9.59 Å². The Kier molecular flexibility index (Phi) is 6.24. The van der Waals surface area contributed by atoms with Crippen molar-refractivity contribution in [3.05, 3.63) is 36.5 Å². The molecule has 0 spiro atoms. The Labute approximate surface area is 159 Å². The third kappa shape index (κ3) is 4.95. The summed E-state index contributed by atoms with van der Waals surface area (Å²) in [5.74, 6) is 0.216. The number of benzene rings is 1. The molecule has 1 aliphatic heterocycles. The lowest BCUT2D eigenvalue weighted by atomic mass is 10.1. The molecule has 7 nitrogen and oxygen atoms in total. The molecule has 7 heteroatoms. The fourth-order valence-corrected chi connectivity index (χ4v) is 3.43. The predicted molar refractivity (Wildman–Crippen MR) is 107 cm³/mol. The number of aromatic nitrogens is 1. The molecule has 1 saturated heterocycles. The lowest BCUT2D eigenvalue weighted by molar-refractivity contribution is -0.129. The molecule has 3 amide bonds. The smallest absolute Gasteiger partial charge is 0.319 e. The van der Waals surface area contributed by atoms with Crippen LogP contribution < -0.4 is 10.6 Å². The van der Waals surface area contributed by atoms with Gasteiger partial charge in [0.2, 0.25) is 5.91 Å². The van der Waals surface area contributed by atoms with Crippen LogP contribution in [0.3, 0.4) is 0 Å². The maximum Gasteiger partial charge on any atom is 0.319 e. The van der Waals surface area contributed by atoms with Crippen LogP contribution in [0.4, 0.5) is 10.5 Å². The molecule has 1 fully saturated rings. The van der Waals surface area contributed by atoms with Crippen molar-refractivity contribution >= 4 is 28.5 Å². The Balaban J connectivity index is 1.50. The first-order valence-corrected chi connectivity index (χ1v) is 9.37. The average molecular weight is 369 g/mol. The summed E-state index contributed by atoms with van der Waals surface area (Å²) in [4.78, 5) is 32.7. The van der Waals surface area contributed by atoms with Gasteiger partial charge in [0, 0.05) is 43.7 Å². The largest absolute Gasteiger partial charge is 0.338 e. The van der Waals surface area contributed by atoms with Crippen molar-refractivity contribution in [3.8, 4) is 0 Å². The molecule has 3 rings (SSSR count). The fraction of sp³-hybridized carbons (Fsp3) is 0.450. The van der Waals surface area contributed by atoms with E-state index in [1.165, 1.54) is 0 Å². The van der Waals surface area contributed by atoms with Gasteiger partial charge in [-0.3, -0.25) is 9.78 Å². The number of carbonyl (C=O) groups is 2. The number of amides is 3. The zero-order valence-electron chi connectivity index (χ0n) is 15.9. The van der Waals surface area contributed by atoms with Gasteiger partial charge in [0.25, 0.3) is 0 Å². The Morgan fingerprint density at radius 3 is 2.93 bits per heavy atom. The van der Waals surface area contributed by atoms with Gasteiger partial charge in [-0.15, -0.1) is 0 Å². The van der Waals surface area contributed by atoms with Gasteiger partial charge in [0.05, 0.1) is 11.2 Å². The number of rotatable bonds is 7. The molecule has 2 N–H and O–H groups in total. The number of para-hydroxylation sites is 1. The van der Waals surface area contributed by atoms with Gasteiger partial charge in [0.15, 0.2) is 0 Å². The number of nitrogens with zero attached hydrogens (tertiary/aromatic N) is 3. The van der Waals surface area contributed by atoms with Crippen molar-refractivity contribution in [1.82, 2.24) is 20.1 Å². The van der Waals surface area contributed by atoms with Crippen molar-refractivity contribution in [2.45, 2.75) is 25.3 Å². The second kappa shape index (κ2) is 8.81. The van der Waals surface area contributed by atoms with E-state index in [0.29, 0.717) is 18.7 Å². The van der Waals surface area contributed by atoms with Crippen LogP contribution in [0.2, 0.25) is 0 Å². The molecule has 2 aromatic rings. The van der Waals surface area contributed by atoms with Crippen LogP contribution in [0.5, 0.6) is 0 Å². The average Bonchev–Trinajstić information content (AvgIpc) is 3.00. The molecule has 1 atom stereocenters. The molecule has 144 valence electrons. The Morgan fingerprint density at radius 1 is 1.30 bits per heavy atom. The number of anilines is 1. The van der Waals surface area contributed by atoms with Crippen LogP contribution in [-0.2, 0) is 4.79 Å². The van der Waals surface area contributed by atoms with Gasteiger partial charge < -0.3 is 20.4 Å². The standard InChI is InChI=1S/C20H27N5O2/c1-24(2)13-14-25-16(8-9-18(25)26)10-12-22-20(27)23-17-7-3-5-15-6-4-11-21-19(15)17/h3-7,11,16H,8-10,12-14H2,1-2H3,(H2,22,23,27). The van der Waals surface area contributed by atoms with Crippen LogP contribution in [0.1, 0.15) is 19.3 Å².